The minimum atomic E-state index is -3.80. The molecule has 0 aromatic heterocycles. The van der Waals surface area contributed by atoms with Gasteiger partial charge in [-0.1, -0.05) is 0 Å². The second-order valence-electron chi connectivity index (χ2n) is 3.80. The van der Waals surface area contributed by atoms with Crippen LogP contribution in [0.5, 0.6) is 5.75 Å². The molecule has 1 atom stereocenters. The van der Waals surface area contributed by atoms with Crippen molar-refractivity contribution in [2.24, 2.45) is 0 Å². The number of methoxy groups -OCH3 is 1. The molecule has 0 radical (unpaired) electrons. The van der Waals surface area contributed by atoms with Crippen LogP contribution in [0.4, 0.5) is 0 Å². The summed E-state index contributed by atoms with van der Waals surface area (Å²) in [6.07, 6.45) is -1.05. The normalized spacial score (nSPS) is 13.1. The monoisotopic (exact) mass is 274 g/mol. The fraction of sp³-hybridized carbons (Fsp3) is 0.364. The summed E-state index contributed by atoms with van der Waals surface area (Å²) in [5.74, 6) is -1.67. The summed E-state index contributed by atoms with van der Waals surface area (Å²) < 4.78 is 28.8. The second kappa shape index (κ2) is 5.36. The molecule has 0 bridgehead atoms. The molecule has 2 N–H and O–H groups in total. The molecule has 0 aliphatic heterocycles. The van der Waals surface area contributed by atoms with Crippen molar-refractivity contribution in [1.82, 2.24) is 0 Å². The first kappa shape index (κ1) is 14.5. The first-order valence-corrected chi connectivity index (χ1v) is 6.75. The van der Waals surface area contributed by atoms with E-state index in [9.17, 15) is 13.2 Å². The number of ether oxygens (including phenoxy) is 1. The van der Waals surface area contributed by atoms with E-state index in [-0.39, 0.29) is 16.2 Å². The van der Waals surface area contributed by atoms with E-state index in [4.69, 9.17) is 14.9 Å². The molecule has 0 saturated carbocycles. The van der Waals surface area contributed by atoms with E-state index >= 15 is 0 Å². The molecule has 0 spiro atoms. The number of hydrogen-bond donors (Lipinski definition) is 2. The molecule has 0 heterocycles. The molecule has 0 aliphatic rings. The van der Waals surface area contributed by atoms with Crippen molar-refractivity contribution in [2.75, 3.05) is 12.9 Å². The van der Waals surface area contributed by atoms with E-state index in [1.807, 2.05) is 0 Å². The van der Waals surface area contributed by atoms with E-state index in [0.717, 1.165) is 6.07 Å². The number of benzene rings is 1. The molecule has 18 heavy (non-hydrogen) atoms. The predicted molar refractivity (Wildman–Crippen MR) is 63.7 cm³/mol. The Morgan fingerprint density at radius 1 is 1.44 bits per heavy atom. The Bertz CT molecular complexity index is 547. The third kappa shape index (κ3) is 3.21. The van der Waals surface area contributed by atoms with Crippen molar-refractivity contribution in [1.29, 1.82) is 0 Å². The van der Waals surface area contributed by atoms with E-state index < -0.39 is 27.7 Å². The van der Waals surface area contributed by atoms with Gasteiger partial charge in [0, 0.05) is 0 Å². The number of carboxylic acids is 1. The smallest absolute Gasteiger partial charge is 0.335 e. The van der Waals surface area contributed by atoms with Crippen molar-refractivity contribution in [3.8, 4) is 5.75 Å². The van der Waals surface area contributed by atoms with Crippen LogP contribution in [0.3, 0.4) is 0 Å². The summed E-state index contributed by atoms with van der Waals surface area (Å²) in [6.45, 7) is 1.34. The van der Waals surface area contributed by atoms with Crippen molar-refractivity contribution in [2.45, 2.75) is 17.9 Å². The molecule has 0 amide bonds. The van der Waals surface area contributed by atoms with Crippen molar-refractivity contribution in [3.63, 3.8) is 0 Å². The van der Waals surface area contributed by atoms with Crippen LogP contribution < -0.4 is 4.74 Å². The van der Waals surface area contributed by atoms with Crippen LogP contribution in [0, 0.1) is 0 Å². The Kier molecular flexibility index (Phi) is 4.31. The molecule has 1 unspecified atom stereocenters. The number of rotatable bonds is 5. The van der Waals surface area contributed by atoms with Gasteiger partial charge in [0.25, 0.3) is 0 Å². The number of carbonyl (C=O) groups is 1. The van der Waals surface area contributed by atoms with Crippen LogP contribution in [0.25, 0.3) is 0 Å². The highest BCUT2D eigenvalue weighted by Gasteiger charge is 2.23. The topological polar surface area (TPSA) is 101 Å². The van der Waals surface area contributed by atoms with Gasteiger partial charge in [-0.3, -0.25) is 0 Å². The highest BCUT2D eigenvalue weighted by atomic mass is 32.2. The van der Waals surface area contributed by atoms with Crippen molar-refractivity contribution in [3.05, 3.63) is 23.8 Å². The Balaban J connectivity index is 3.36. The molecule has 7 heteroatoms. The molecule has 0 aliphatic carbocycles. The number of aromatic carboxylic acids is 1. The molecule has 6 nitrogen and oxygen atoms in total. The van der Waals surface area contributed by atoms with E-state index in [0.29, 0.717) is 0 Å². The Morgan fingerprint density at radius 3 is 2.50 bits per heavy atom. The summed E-state index contributed by atoms with van der Waals surface area (Å²) >= 11 is 0. The van der Waals surface area contributed by atoms with Crippen LogP contribution in [0.1, 0.15) is 17.3 Å². The molecule has 1 aromatic rings. The van der Waals surface area contributed by atoms with Crippen LogP contribution in [-0.4, -0.2) is 43.6 Å². The van der Waals surface area contributed by atoms with Gasteiger partial charge in [-0.25, -0.2) is 13.2 Å². The molecule has 0 fully saturated rings. The van der Waals surface area contributed by atoms with E-state index in [1.165, 1.54) is 26.2 Å². The summed E-state index contributed by atoms with van der Waals surface area (Å²) in [7, 11) is -2.51. The lowest BCUT2D eigenvalue weighted by atomic mass is 10.2. The minimum absolute atomic E-state index is 0.0562. The van der Waals surface area contributed by atoms with Gasteiger partial charge in [0.1, 0.15) is 10.6 Å². The number of carboxylic acid groups (broad SMARTS) is 1. The maximum absolute atomic E-state index is 12.0. The molecule has 1 aromatic carbocycles. The third-order valence-corrected chi connectivity index (χ3v) is 4.12. The lowest BCUT2D eigenvalue weighted by Crippen LogP contribution is -2.18. The van der Waals surface area contributed by atoms with E-state index in [2.05, 4.69) is 0 Å². The molecular weight excluding hydrogens is 260 g/mol. The number of sulfone groups is 1. The number of aliphatic hydroxyl groups excluding tert-OH is 1. The quantitative estimate of drug-likeness (QED) is 0.813. The zero-order valence-electron chi connectivity index (χ0n) is 9.95. The van der Waals surface area contributed by atoms with Crippen molar-refractivity contribution >= 4 is 15.8 Å². The van der Waals surface area contributed by atoms with Gasteiger partial charge in [0.15, 0.2) is 9.84 Å². The molecule has 1 rings (SSSR count). The fourth-order valence-corrected chi connectivity index (χ4v) is 3.04. The molecule has 100 valence electrons. The minimum Gasteiger partial charge on any atom is -0.495 e. The van der Waals surface area contributed by atoms with Crippen molar-refractivity contribution < 1.29 is 28.2 Å². The highest BCUT2D eigenvalue weighted by molar-refractivity contribution is 7.91. The van der Waals surface area contributed by atoms with Gasteiger partial charge in [0.2, 0.25) is 0 Å². The van der Waals surface area contributed by atoms with Gasteiger partial charge in [-0.05, 0) is 25.1 Å². The summed E-state index contributed by atoms with van der Waals surface area (Å²) in [5, 5.41) is 18.0. The largest absolute Gasteiger partial charge is 0.495 e. The highest BCUT2D eigenvalue weighted by Crippen LogP contribution is 2.26. The zero-order valence-corrected chi connectivity index (χ0v) is 10.8. The standard InChI is InChI=1S/C11H14O6S/c1-7(12)6-18(15,16)10-5-8(11(13)14)3-4-9(10)17-2/h3-5,7,12H,6H2,1-2H3,(H,13,14). The van der Waals surface area contributed by atoms with Gasteiger partial charge >= 0.3 is 5.97 Å². The lowest BCUT2D eigenvalue weighted by Gasteiger charge is -2.11. The summed E-state index contributed by atoms with van der Waals surface area (Å²) in [5.41, 5.74) is -0.153. The van der Waals surface area contributed by atoms with Crippen LogP contribution in [0.15, 0.2) is 23.1 Å². The summed E-state index contributed by atoms with van der Waals surface area (Å²) in [6, 6.07) is 3.56. The lowest BCUT2D eigenvalue weighted by molar-refractivity contribution is 0.0696. The van der Waals surface area contributed by atoms with Crippen LogP contribution in [0.2, 0.25) is 0 Å². The van der Waals surface area contributed by atoms with Crippen LogP contribution in [-0.2, 0) is 9.84 Å². The average Bonchev–Trinajstić information content (AvgIpc) is 2.26. The SMILES string of the molecule is COc1ccc(C(=O)O)cc1S(=O)(=O)CC(C)O. The van der Waals surface area contributed by atoms with Gasteiger partial charge in [-0.2, -0.15) is 0 Å². The fourth-order valence-electron chi connectivity index (χ4n) is 1.46. The maximum Gasteiger partial charge on any atom is 0.335 e. The number of aliphatic hydroxyl groups is 1. The second-order valence-corrected chi connectivity index (χ2v) is 5.80. The third-order valence-electron chi connectivity index (χ3n) is 2.21. The van der Waals surface area contributed by atoms with Crippen LogP contribution >= 0.6 is 0 Å². The van der Waals surface area contributed by atoms with Gasteiger partial charge in [-0.15, -0.1) is 0 Å². The molecule has 0 saturated heterocycles. The van der Waals surface area contributed by atoms with Gasteiger partial charge in [0.05, 0.1) is 24.5 Å². The Hall–Kier alpha value is -1.60. The molecular formula is C11H14O6S. The number of hydrogen-bond acceptors (Lipinski definition) is 5. The first-order valence-electron chi connectivity index (χ1n) is 5.10. The zero-order chi connectivity index (χ0) is 13.9. The Labute approximate surface area is 105 Å². The maximum atomic E-state index is 12.0. The first-order chi connectivity index (χ1) is 8.27. The Morgan fingerprint density at radius 2 is 2.06 bits per heavy atom. The predicted octanol–water partition coefficient (Wildman–Crippen LogP) is 0.548. The average molecular weight is 274 g/mol. The van der Waals surface area contributed by atoms with E-state index in [1.54, 1.807) is 0 Å². The van der Waals surface area contributed by atoms with Gasteiger partial charge < -0.3 is 14.9 Å². The summed E-state index contributed by atoms with van der Waals surface area (Å²) in [4.78, 5) is 10.6.